The second kappa shape index (κ2) is 5.81. The van der Waals surface area contributed by atoms with E-state index in [2.05, 4.69) is 88.8 Å². The smallest absolute Gasteiger partial charge is 0.200 e. The maximum absolute atomic E-state index is 2.32. The molecular formula is C22H26N+. The van der Waals surface area contributed by atoms with Crippen LogP contribution in [0.1, 0.15) is 42.0 Å². The third-order valence-corrected chi connectivity index (χ3v) is 4.87. The predicted molar refractivity (Wildman–Crippen MR) is 98.9 cm³/mol. The second-order valence-corrected chi connectivity index (χ2v) is 7.00. The van der Waals surface area contributed by atoms with E-state index in [0.717, 1.165) is 0 Å². The number of fused-ring (bicyclic) bond motifs is 1. The summed E-state index contributed by atoms with van der Waals surface area (Å²) in [5, 5.41) is 2.71. The Morgan fingerprint density at radius 3 is 2.22 bits per heavy atom. The van der Waals surface area contributed by atoms with Crippen molar-refractivity contribution < 1.29 is 4.57 Å². The summed E-state index contributed by atoms with van der Waals surface area (Å²) in [6, 6.07) is 13.4. The van der Waals surface area contributed by atoms with Crippen molar-refractivity contribution in [2.45, 2.75) is 40.5 Å². The zero-order valence-corrected chi connectivity index (χ0v) is 15.1. The van der Waals surface area contributed by atoms with E-state index in [4.69, 9.17) is 0 Å². The minimum absolute atomic E-state index is 0.514. The zero-order chi connectivity index (χ0) is 16.7. The molecule has 3 rings (SSSR count). The number of hydrogen-bond donors (Lipinski definition) is 0. The topological polar surface area (TPSA) is 3.88 Å². The molecule has 0 saturated carbocycles. The first-order chi connectivity index (χ1) is 10.9. The van der Waals surface area contributed by atoms with Crippen LogP contribution in [0.3, 0.4) is 0 Å². The van der Waals surface area contributed by atoms with Gasteiger partial charge < -0.3 is 0 Å². The SMILES string of the molecule is Cc1cc(C)c(C)c(-c2c3ccccc3c(C(C)C)c[n+]2C)c1. The van der Waals surface area contributed by atoms with Crippen LogP contribution in [0.2, 0.25) is 0 Å². The fourth-order valence-corrected chi connectivity index (χ4v) is 3.55. The molecule has 0 N–H and O–H groups in total. The van der Waals surface area contributed by atoms with Gasteiger partial charge in [0, 0.05) is 5.56 Å². The second-order valence-electron chi connectivity index (χ2n) is 7.00. The molecule has 1 nitrogen and oxygen atoms in total. The Morgan fingerprint density at radius 1 is 0.913 bits per heavy atom. The number of hydrogen-bond acceptors (Lipinski definition) is 0. The fraction of sp³-hybridized carbons (Fsp3) is 0.318. The number of nitrogens with zero attached hydrogens (tertiary/aromatic N) is 1. The van der Waals surface area contributed by atoms with Gasteiger partial charge in [-0.1, -0.05) is 43.7 Å². The van der Waals surface area contributed by atoms with Gasteiger partial charge in [-0.3, -0.25) is 0 Å². The lowest BCUT2D eigenvalue weighted by molar-refractivity contribution is -0.659. The molecular weight excluding hydrogens is 278 g/mol. The first kappa shape index (κ1) is 15.7. The van der Waals surface area contributed by atoms with E-state index < -0.39 is 0 Å². The number of pyridine rings is 1. The number of aromatic nitrogens is 1. The van der Waals surface area contributed by atoms with E-state index in [9.17, 15) is 0 Å². The first-order valence-electron chi connectivity index (χ1n) is 8.39. The molecule has 0 radical (unpaired) electrons. The summed E-state index contributed by atoms with van der Waals surface area (Å²) in [4.78, 5) is 0. The summed E-state index contributed by atoms with van der Waals surface area (Å²) in [6.45, 7) is 11.2. The normalized spacial score (nSPS) is 11.4. The van der Waals surface area contributed by atoms with Crippen LogP contribution >= 0.6 is 0 Å². The Bertz CT molecular complexity index is 888. The van der Waals surface area contributed by atoms with Crippen LogP contribution in [0, 0.1) is 20.8 Å². The molecule has 0 aliphatic rings. The fourth-order valence-electron chi connectivity index (χ4n) is 3.55. The summed E-state index contributed by atoms with van der Waals surface area (Å²) in [6.07, 6.45) is 2.30. The van der Waals surface area contributed by atoms with Gasteiger partial charge in [0.25, 0.3) is 0 Å². The molecule has 0 aliphatic carbocycles. The highest BCUT2D eigenvalue weighted by Gasteiger charge is 2.21. The van der Waals surface area contributed by atoms with Gasteiger partial charge in [-0.15, -0.1) is 0 Å². The molecule has 1 heteroatoms. The number of rotatable bonds is 2. The highest BCUT2D eigenvalue weighted by molar-refractivity contribution is 5.95. The standard InChI is InChI=1S/C22H26N/c1-14(2)21-13-23(6)22(19-10-8-7-9-18(19)21)20-12-15(3)11-16(4)17(20)5/h7-14H,1-6H3/q+1. The van der Waals surface area contributed by atoms with Gasteiger partial charge in [-0.25, -0.2) is 4.57 Å². The molecule has 0 unspecified atom stereocenters. The monoisotopic (exact) mass is 304 g/mol. The molecule has 1 heterocycles. The number of aryl methyl sites for hydroxylation is 3. The number of benzene rings is 2. The van der Waals surface area contributed by atoms with Gasteiger partial charge in [0.1, 0.15) is 7.05 Å². The van der Waals surface area contributed by atoms with Crippen LogP contribution in [-0.2, 0) is 7.05 Å². The summed E-state index contributed by atoms with van der Waals surface area (Å²) in [5.41, 5.74) is 8.12. The molecule has 0 saturated heterocycles. The van der Waals surface area contributed by atoms with Crippen molar-refractivity contribution in [1.82, 2.24) is 0 Å². The van der Waals surface area contributed by atoms with Crippen molar-refractivity contribution in [2.24, 2.45) is 7.05 Å². The largest absolute Gasteiger partial charge is 0.220 e. The van der Waals surface area contributed by atoms with Crippen molar-refractivity contribution in [3.63, 3.8) is 0 Å². The Balaban J connectivity index is 2.44. The van der Waals surface area contributed by atoms with Crippen LogP contribution in [0.5, 0.6) is 0 Å². The van der Waals surface area contributed by atoms with Gasteiger partial charge in [-0.05, 0) is 55.3 Å². The minimum atomic E-state index is 0.514. The van der Waals surface area contributed by atoms with Crippen molar-refractivity contribution in [2.75, 3.05) is 0 Å². The van der Waals surface area contributed by atoms with Gasteiger partial charge in [0.2, 0.25) is 5.69 Å². The van der Waals surface area contributed by atoms with Crippen molar-refractivity contribution in [3.05, 3.63) is 64.8 Å². The van der Waals surface area contributed by atoms with E-state index in [-0.39, 0.29) is 0 Å². The zero-order valence-electron chi connectivity index (χ0n) is 15.1. The maximum atomic E-state index is 2.32. The van der Waals surface area contributed by atoms with Crippen LogP contribution in [-0.4, -0.2) is 0 Å². The van der Waals surface area contributed by atoms with Crippen molar-refractivity contribution in [3.8, 4) is 11.3 Å². The van der Waals surface area contributed by atoms with Gasteiger partial charge >= 0.3 is 0 Å². The average Bonchev–Trinajstić information content (AvgIpc) is 2.50. The molecule has 0 fully saturated rings. The van der Waals surface area contributed by atoms with E-state index in [0.29, 0.717) is 5.92 Å². The van der Waals surface area contributed by atoms with E-state index in [1.807, 2.05) is 0 Å². The van der Waals surface area contributed by atoms with E-state index >= 15 is 0 Å². The maximum Gasteiger partial charge on any atom is 0.220 e. The van der Waals surface area contributed by atoms with Crippen LogP contribution < -0.4 is 4.57 Å². The Morgan fingerprint density at radius 2 is 1.57 bits per heavy atom. The molecule has 1 aromatic heterocycles. The predicted octanol–water partition coefficient (Wildman–Crippen LogP) is 5.38. The molecule has 0 amide bonds. The quantitative estimate of drug-likeness (QED) is 0.560. The van der Waals surface area contributed by atoms with Gasteiger partial charge in [0.15, 0.2) is 6.20 Å². The van der Waals surface area contributed by atoms with Crippen LogP contribution in [0.15, 0.2) is 42.6 Å². The Hall–Kier alpha value is -2.15. The Kier molecular flexibility index (Phi) is 3.97. The summed E-state index contributed by atoms with van der Waals surface area (Å²) in [7, 11) is 2.17. The summed E-state index contributed by atoms with van der Waals surface area (Å²) >= 11 is 0. The third-order valence-electron chi connectivity index (χ3n) is 4.87. The molecule has 23 heavy (non-hydrogen) atoms. The third kappa shape index (κ3) is 2.65. The molecule has 2 aromatic carbocycles. The molecule has 0 aliphatic heterocycles. The van der Waals surface area contributed by atoms with Crippen molar-refractivity contribution in [1.29, 1.82) is 0 Å². The average molecular weight is 304 g/mol. The summed E-state index contributed by atoms with van der Waals surface area (Å²) < 4.78 is 2.30. The lowest BCUT2D eigenvalue weighted by Gasteiger charge is -2.14. The molecule has 3 aromatic rings. The van der Waals surface area contributed by atoms with E-state index in [1.165, 1.54) is 44.3 Å². The van der Waals surface area contributed by atoms with Gasteiger partial charge in [0.05, 0.1) is 10.9 Å². The van der Waals surface area contributed by atoms with Crippen molar-refractivity contribution >= 4 is 10.8 Å². The summed E-state index contributed by atoms with van der Waals surface area (Å²) in [5.74, 6) is 0.514. The van der Waals surface area contributed by atoms with Crippen LogP contribution in [0.25, 0.3) is 22.0 Å². The van der Waals surface area contributed by atoms with E-state index in [1.54, 1.807) is 0 Å². The highest BCUT2D eigenvalue weighted by atomic mass is 14.9. The van der Waals surface area contributed by atoms with Gasteiger partial charge in [-0.2, -0.15) is 0 Å². The molecule has 0 spiro atoms. The molecule has 0 atom stereocenters. The minimum Gasteiger partial charge on any atom is -0.200 e. The lowest BCUT2D eigenvalue weighted by Crippen LogP contribution is -2.32. The first-order valence-corrected chi connectivity index (χ1v) is 8.39. The lowest BCUT2D eigenvalue weighted by atomic mass is 9.91. The molecule has 0 bridgehead atoms. The highest BCUT2D eigenvalue weighted by Crippen LogP contribution is 2.33. The molecule has 118 valence electrons. The van der Waals surface area contributed by atoms with Crippen LogP contribution in [0.4, 0.5) is 0 Å². The Labute approximate surface area is 139 Å².